The van der Waals surface area contributed by atoms with Gasteiger partial charge in [0.1, 0.15) is 0 Å². The summed E-state index contributed by atoms with van der Waals surface area (Å²) in [7, 11) is 2.19. The van der Waals surface area contributed by atoms with Crippen LogP contribution in [0.25, 0.3) is 0 Å². The van der Waals surface area contributed by atoms with Crippen molar-refractivity contribution in [1.29, 1.82) is 5.26 Å². The van der Waals surface area contributed by atoms with Crippen molar-refractivity contribution in [2.75, 3.05) is 26.7 Å². The van der Waals surface area contributed by atoms with Crippen LogP contribution in [-0.4, -0.2) is 37.6 Å². The van der Waals surface area contributed by atoms with E-state index in [1.54, 1.807) is 0 Å². The zero-order valence-electron chi connectivity index (χ0n) is 11.6. The fraction of sp³-hybridized carbons (Fsp3) is 0.929. The number of rotatable bonds is 6. The summed E-state index contributed by atoms with van der Waals surface area (Å²) in [5, 5.41) is 12.5. The van der Waals surface area contributed by atoms with E-state index in [0.717, 1.165) is 25.4 Å². The van der Waals surface area contributed by atoms with Crippen LogP contribution < -0.4 is 5.32 Å². The number of hydrogen-bond acceptors (Lipinski definition) is 3. The van der Waals surface area contributed by atoms with Crippen molar-refractivity contribution >= 4 is 0 Å². The van der Waals surface area contributed by atoms with E-state index in [2.05, 4.69) is 23.3 Å². The molecule has 1 aliphatic rings. The van der Waals surface area contributed by atoms with Crippen molar-refractivity contribution in [2.24, 2.45) is 5.41 Å². The van der Waals surface area contributed by atoms with Gasteiger partial charge in [-0.3, -0.25) is 0 Å². The highest BCUT2D eigenvalue weighted by Gasteiger charge is 2.17. The third-order valence-corrected chi connectivity index (χ3v) is 3.68. The van der Waals surface area contributed by atoms with Crippen molar-refractivity contribution in [1.82, 2.24) is 10.2 Å². The molecule has 3 heteroatoms. The Morgan fingerprint density at radius 2 is 1.94 bits per heavy atom. The van der Waals surface area contributed by atoms with E-state index < -0.39 is 0 Å². The molecule has 0 amide bonds. The van der Waals surface area contributed by atoms with Crippen LogP contribution in [0.15, 0.2) is 0 Å². The van der Waals surface area contributed by atoms with Gasteiger partial charge in [0.05, 0.1) is 11.5 Å². The molecule has 17 heavy (non-hydrogen) atoms. The van der Waals surface area contributed by atoms with Crippen LogP contribution in [0, 0.1) is 16.7 Å². The van der Waals surface area contributed by atoms with E-state index in [4.69, 9.17) is 5.26 Å². The van der Waals surface area contributed by atoms with Crippen LogP contribution in [0.5, 0.6) is 0 Å². The molecule has 1 saturated heterocycles. The lowest BCUT2D eigenvalue weighted by Crippen LogP contribution is -2.41. The van der Waals surface area contributed by atoms with E-state index >= 15 is 0 Å². The number of nitrogens with zero attached hydrogens (tertiary/aromatic N) is 2. The van der Waals surface area contributed by atoms with Crippen LogP contribution in [0.3, 0.4) is 0 Å². The van der Waals surface area contributed by atoms with Crippen LogP contribution in [0.4, 0.5) is 0 Å². The van der Waals surface area contributed by atoms with Crippen LogP contribution in [0.1, 0.15) is 46.0 Å². The van der Waals surface area contributed by atoms with Crippen LogP contribution in [0.2, 0.25) is 0 Å². The van der Waals surface area contributed by atoms with Gasteiger partial charge in [0.25, 0.3) is 0 Å². The maximum atomic E-state index is 8.91. The van der Waals surface area contributed by atoms with Crippen molar-refractivity contribution < 1.29 is 0 Å². The summed E-state index contributed by atoms with van der Waals surface area (Å²) in [5.74, 6) is 0. The second-order valence-electron chi connectivity index (χ2n) is 5.98. The van der Waals surface area contributed by atoms with Gasteiger partial charge in [-0.1, -0.05) is 6.42 Å². The highest BCUT2D eigenvalue weighted by Crippen LogP contribution is 2.21. The first-order chi connectivity index (χ1) is 8.03. The summed E-state index contributed by atoms with van der Waals surface area (Å²) in [5.41, 5.74) is -0.145. The molecule has 98 valence electrons. The standard InChI is InChI=1S/C14H27N3/c1-14(2,12-15)8-4-5-9-16-13-6-10-17(3)11-7-13/h13,16H,4-11H2,1-3H3. The monoisotopic (exact) mass is 237 g/mol. The predicted molar refractivity (Wildman–Crippen MR) is 71.8 cm³/mol. The first kappa shape index (κ1) is 14.5. The van der Waals surface area contributed by atoms with Gasteiger partial charge < -0.3 is 10.2 Å². The van der Waals surface area contributed by atoms with Gasteiger partial charge in [-0.2, -0.15) is 5.26 Å². The largest absolute Gasteiger partial charge is 0.314 e. The van der Waals surface area contributed by atoms with Gasteiger partial charge in [0.15, 0.2) is 0 Å². The van der Waals surface area contributed by atoms with Crippen molar-refractivity contribution in [3.63, 3.8) is 0 Å². The minimum Gasteiger partial charge on any atom is -0.314 e. The molecule has 1 fully saturated rings. The van der Waals surface area contributed by atoms with Crippen molar-refractivity contribution in [2.45, 2.75) is 52.0 Å². The molecule has 1 rings (SSSR count). The molecule has 0 aliphatic carbocycles. The van der Waals surface area contributed by atoms with E-state index in [1.807, 2.05) is 13.8 Å². The first-order valence-electron chi connectivity index (χ1n) is 6.87. The third-order valence-electron chi connectivity index (χ3n) is 3.68. The molecular formula is C14H27N3. The Morgan fingerprint density at radius 1 is 1.29 bits per heavy atom. The smallest absolute Gasteiger partial charge is 0.0683 e. The number of unbranched alkanes of at least 4 members (excludes halogenated alkanes) is 1. The molecule has 1 N–H and O–H groups in total. The van der Waals surface area contributed by atoms with Crippen LogP contribution >= 0.6 is 0 Å². The quantitative estimate of drug-likeness (QED) is 0.721. The van der Waals surface area contributed by atoms with E-state index in [-0.39, 0.29) is 5.41 Å². The molecule has 3 nitrogen and oxygen atoms in total. The molecule has 0 aromatic carbocycles. The molecule has 0 aromatic rings. The lowest BCUT2D eigenvalue weighted by atomic mass is 9.89. The first-order valence-corrected chi connectivity index (χ1v) is 6.87. The molecule has 0 unspecified atom stereocenters. The summed E-state index contributed by atoms with van der Waals surface area (Å²) in [4.78, 5) is 2.40. The number of nitriles is 1. The molecular weight excluding hydrogens is 210 g/mol. The molecule has 0 atom stereocenters. The van der Waals surface area contributed by atoms with Gasteiger partial charge in [-0.05, 0) is 66.2 Å². The lowest BCUT2D eigenvalue weighted by Gasteiger charge is -2.29. The van der Waals surface area contributed by atoms with Crippen molar-refractivity contribution in [3.8, 4) is 6.07 Å². The molecule has 0 spiro atoms. The second-order valence-corrected chi connectivity index (χ2v) is 5.98. The maximum absolute atomic E-state index is 8.91. The molecule has 0 bridgehead atoms. The Balaban J connectivity index is 2.00. The highest BCUT2D eigenvalue weighted by atomic mass is 15.1. The Labute approximate surface area is 106 Å². The van der Waals surface area contributed by atoms with Crippen LogP contribution in [-0.2, 0) is 0 Å². The fourth-order valence-corrected chi connectivity index (χ4v) is 2.27. The minimum absolute atomic E-state index is 0.145. The van der Waals surface area contributed by atoms with Gasteiger partial charge in [-0.25, -0.2) is 0 Å². The molecule has 0 aromatic heterocycles. The molecule has 1 aliphatic heterocycles. The van der Waals surface area contributed by atoms with Gasteiger partial charge in [0.2, 0.25) is 0 Å². The van der Waals surface area contributed by atoms with E-state index in [1.165, 1.54) is 32.4 Å². The summed E-state index contributed by atoms with van der Waals surface area (Å²) < 4.78 is 0. The van der Waals surface area contributed by atoms with Gasteiger partial charge in [-0.15, -0.1) is 0 Å². The average molecular weight is 237 g/mol. The third kappa shape index (κ3) is 6.05. The average Bonchev–Trinajstić information content (AvgIpc) is 2.31. The normalized spacial score (nSPS) is 19.2. The Morgan fingerprint density at radius 3 is 2.53 bits per heavy atom. The lowest BCUT2D eigenvalue weighted by molar-refractivity contribution is 0.234. The van der Waals surface area contributed by atoms with Crippen molar-refractivity contribution in [3.05, 3.63) is 0 Å². The highest BCUT2D eigenvalue weighted by molar-refractivity contribution is 4.91. The zero-order valence-corrected chi connectivity index (χ0v) is 11.6. The second kappa shape index (κ2) is 6.98. The SMILES string of the molecule is CN1CCC(NCCCCC(C)(C)C#N)CC1. The summed E-state index contributed by atoms with van der Waals surface area (Å²) in [6.45, 7) is 7.60. The number of hydrogen-bond donors (Lipinski definition) is 1. The van der Waals surface area contributed by atoms with Gasteiger partial charge in [0, 0.05) is 6.04 Å². The Hall–Kier alpha value is -0.590. The Bertz CT molecular complexity index is 247. The molecule has 0 saturated carbocycles. The number of piperidine rings is 1. The summed E-state index contributed by atoms with van der Waals surface area (Å²) >= 11 is 0. The van der Waals surface area contributed by atoms with E-state index in [0.29, 0.717) is 0 Å². The fourth-order valence-electron chi connectivity index (χ4n) is 2.27. The number of nitrogens with one attached hydrogen (secondary N) is 1. The topological polar surface area (TPSA) is 39.1 Å². The summed E-state index contributed by atoms with van der Waals surface area (Å²) in [6.07, 6.45) is 5.91. The Kier molecular flexibility index (Phi) is 5.94. The molecule has 0 radical (unpaired) electrons. The minimum atomic E-state index is -0.145. The zero-order chi connectivity index (χ0) is 12.7. The maximum Gasteiger partial charge on any atom is 0.0683 e. The predicted octanol–water partition coefficient (Wildman–Crippen LogP) is 2.39. The van der Waals surface area contributed by atoms with Gasteiger partial charge >= 0.3 is 0 Å². The van der Waals surface area contributed by atoms with E-state index in [9.17, 15) is 0 Å². The molecule has 1 heterocycles. The summed E-state index contributed by atoms with van der Waals surface area (Å²) in [6, 6.07) is 3.08. The number of likely N-dealkylation sites (tertiary alicyclic amines) is 1.